The molecule has 1 aliphatic heterocycles. The number of methoxy groups -OCH3 is 1. The molecule has 5 nitrogen and oxygen atoms in total. The van der Waals surface area contributed by atoms with Crippen molar-refractivity contribution in [1.29, 1.82) is 0 Å². The van der Waals surface area contributed by atoms with Gasteiger partial charge in [0.15, 0.2) is 0 Å². The molecule has 5 heteroatoms. The highest BCUT2D eigenvalue weighted by atomic mass is 16.5. The Labute approximate surface area is 88.8 Å². The van der Waals surface area contributed by atoms with E-state index < -0.39 is 0 Å². The second kappa shape index (κ2) is 3.72. The smallest absolute Gasteiger partial charge is 0.409 e. The Hall–Kier alpha value is -1.26. The number of ether oxygens (including phenoxy) is 1. The molecule has 0 aromatic rings. The van der Waals surface area contributed by atoms with Gasteiger partial charge in [-0.3, -0.25) is 4.79 Å². The van der Waals surface area contributed by atoms with Gasteiger partial charge < -0.3 is 15.0 Å². The van der Waals surface area contributed by atoms with Gasteiger partial charge in [-0.1, -0.05) is 6.92 Å². The molecule has 15 heavy (non-hydrogen) atoms. The van der Waals surface area contributed by atoms with Crippen LogP contribution in [-0.4, -0.2) is 43.1 Å². The molecule has 0 bridgehead atoms. The fourth-order valence-corrected chi connectivity index (χ4v) is 1.84. The molecule has 1 heterocycles. The van der Waals surface area contributed by atoms with E-state index in [4.69, 9.17) is 0 Å². The van der Waals surface area contributed by atoms with E-state index in [2.05, 4.69) is 17.0 Å². The van der Waals surface area contributed by atoms with Gasteiger partial charge in [0, 0.05) is 19.0 Å². The first-order valence-electron chi connectivity index (χ1n) is 5.25. The van der Waals surface area contributed by atoms with Crippen LogP contribution in [0.5, 0.6) is 0 Å². The summed E-state index contributed by atoms with van der Waals surface area (Å²) in [5, 5.41) is 2.93. The van der Waals surface area contributed by atoms with Crippen LogP contribution in [0.4, 0.5) is 4.79 Å². The topological polar surface area (TPSA) is 58.6 Å². The maximum absolute atomic E-state index is 11.5. The lowest BCUT2D eigenvalue weighted by molar-refractivity contribution is -0.124. The van der Waals surface area contributed by atoms with Crippen molar-refractivity contribution in [1.82, 2.24) is 10.2 Å². The second-order valence-corrected chi connectivity index (χ2v) is 4.40. The molecule has 2 atom stereocenters. The van der Waals surface area contributed by atoms with E-state index in [0.717, 1.165) is 6.42 Å². The van der Waals surface area contributed by atoms with Crippen LogP contribution in [0, 0.1) is 11.8 Å². The third-order valence-corrected chi connectivity index (χ3v) is 3.11. The average Bonchev–Trinajstić information content (AvgIpc) is 2.87. The van der Waals surface area contributed by atoms with Gasteiger partial charge in [-0.05, 0) is 12.3 Å². The van der Waals surface area contributed by atoms with Gasteiger partial charge in [0.1, 0.15) is 0 Å². The van der Waals surface area contributed by atoms with Crippen LogP contribution in [0.3, 0.4) is 0 Å². The number of carbonyl (C=O) groups excluding carboxylic acids is 2. The highest BCUT2D eigenvalue weighted by molar-refractivity contribution is 5.82. The van der Waals surface area contributed by atoms with Crippen molar-refractivity contribution >= 4 is 12.0 Å². The highest BCUT2D eigenvalue weighted by Crippen LogP contribution is 2.37. The summed E-state index contributed by atoms with van der Waals surface area (Å²) < 4.78 is 4.56. The van der Waals surface area contributed by atoms with Crippen molar-refractivity contribution in [3.8, 4) is 0 Å². The minimum atomic E-state index is -0.319. The molecule has 0 unspecified atom stereocenters. The molecule has 1 N–H and O–H groups in total. The molecule has 1 saturated heterocycles. The summed E-state index contributed by atoms with van der Waals surface area (Å²) in [7, 11) is 1.36. The fraction of sp³-hybridized carbons (Fsp3) is 0.800. The fourth-order valence-electron chi connectivity index (χ4n) is 1.84. The van der Waals surface area contributed by atoms with Gasteiger partial charge in [0.25, 0.3) is 0 Å². The Morgan fingerprint density at radius 3 is 2.47 bits per heavy atom. The van der Waals surface area contributed by atoms with Crippen molar-refractivity contribution in [2.75, 3.05) is 20.2 Å². The number of nitrogens with zero attached hydrogens (tertiary/aromatic N) is 1. The molecule has 1 saturated carbocycles. The maximum Gasteiger partial charge on any atom is 0.409 e. The SMILES string of the molecule is COC(=O)N1CC(NC(=O)[C@@H]2C[C@H]2C)C1. The van der Waals surface area contributed by atoms with E-state index in [9.17, 15) is 9.59 Å². The third kappa shape index (κ3) is 2.06. The van der Waals surface area contributed by atoms with E-state index in [1.165, 1.54) is 7.11 Å². The number of hydrogen-bond donors (Lipinski definition) is 1. The summed E-state index contributed by atoms with van der Waals surface area (Å²) in [6.45, 7) is 3.21. The summed E-state index contributed by atoms with van der Waals surface area (Å²) in [5.74, 6) is 0.871. The molecule has 2 fully saturated rings. The normalized spacial score (nSPS) is 29.3. The van der Waals surface area contributed by atoms with E-state index in [1.54, 1.807) is 4.90 Å². The zero-order valence-electron chi connectivity index (χ0n) is 9.03. The standard InChI is InChI=1S/C10H16N2O3/c1-6-3-8(6)9(13)11-7-4-12(5-7)10(14)15-2/h6-8H,3-5H2,1-2H3,(H,11,13)/t6-,8-/m1/s1. The average molecular weight is 212 g/mol. The van der Waals surface area contributed by atoms with Crippen LogP contribution in [0.2, 0.25) is 0 Å². The molecule has 84 valence electrons. The van der Waals surface area contributed by atoms with Crippen LogP contribution in [0.25, 0.3) is 0 Å². The van der Waals surface area contributed by atoms with E-state index in [-0.39, 0.29) is 24.0 Å². The predicted octanol–water partition coefficient (Wildman–Crippen LogP) is 0.209. The van der Waals surface area contributed by atoms with Gasteiger partial charge >= 0.3 is 6.09 Å². The third-order valence-electron chi connectivity index (χ3n) is 3.11. The summed E-state index contributed by atoms with van der Waals surface area (Å²) in [6, 6.07) is 0.115. The van der Waals surface area contributed by atoms with Crippen molar-refractivity contribution in [2.45, 2.75) is 19.4 Å². The number of hydrogen-bond acceptors (Lipinski definition) is 3. The molecular formula is C10H16N2O3. The number of rotatable bonds is 2. The van der Waals surface area contributed by atoms with Gasteiger partial charge in [-0.2, -0.15) is 0 Å². The van der Waals surface area contributed by atoms with Gasteiger partial charge in [0.05, 0.1) is 13.2 Å². The predicted molar refractivity (Wildman–Crippen MR) is 53.2 cm³/mol. The zero-order valence-corrected chi connectivity index (χ0v) is 9.03. The first-order valence-corrected chi connectivity index (χ1v) is 5.25. The molecule has 0 aromatic heterocycles. The first-order chi connectivity index (χ1) is 7.11. The molecule has 2 aliphatic rings. The van der Waals surface area contributed by atoms with E-state index in [0.29, 0.717) is 19.0 Å². The monoisotopic (exact) mass is 212 g/mol. The number of likely N-dealkylation sites (tertiary alicyclic amines) is 1. The lowest BCUT2D eigenvalue weighted by Gasteiger charge is -2.38. The van der Waals surface area contributed by atoms with Gasteiger partial charge in [-0.25, -0.2) is 4.79 Å². The van der Waals surface area contributed by atoms with Crippen LogP contribution < -0.4 is 5.32 Å². The molecule has 0 spiro atoms. The minimum Gasteiger partial charge on any atom is -0.453 e. The largest absolute Gasteiger partial charge is 0.453 e. The van der Waals surface area contributed by atoms with E-state index >= 15 is 0 Å². The number of carbonyl (C=O) groups is 2. The summed E-state index contributed by atoms with van der Waals surface area (Å²) in [5.41, 5.74) is 0. The van der Waals surface area contributed by atoms with Crippen molar-refractivity contribution < 1.29 is 14.3 Å². The van der Waals surface area contributed by atoms with Gasteiger partial charge in [0.2, 0.25) is 5.91 Å². The molecular weight excluding hydrogens is 196 g/mol. The zero-order chi connectivity index (χ0) is 11.0. The molecule has 1 aliphatic carbocycles. The lowest BCUT2D eigenvalue weighted by atomic mass is 10.1. The Morgan fingerprint density at radius 2 is 2.00 bits per heavy atom. The first kappa shape index (κ1) is 10.3. The molecule has 0 aromatic carbocycles. The Bertz CT molecular complexity index is 286. The lowest BCUT2D eigenvalue weighted by Crippen LogP contribution is -2.61. The van der Waals surface area contributed by atoms with Gasteiger partial charge in [-0.15, -0.1) is 0 Å². The maximum atomic E-state index is 11.5. The summed E-state index contributed by atoms with van der Waals surface area (Å²) in [6.07, 6.45) is 0.680. The Balaban J connectivity index is 1.67. The number of amides is 2. The van der Waals surface area contributed by atoms with Crippen LogP contribution in [0.1, 0.15) is 13.3 Å². The summed E-state index contributed by atoms with van der Waals surface area (Å²) in [4.78, 5) is 24.1. The van der Waals surface area contributed by atoms with E-state index in [1.807, 2.05) is 0 Å². The van der Waals surface area contributed by atoms with Crippen LogP contribution >= 0.6 is 0 Å². The summed E-state index contributed by atoms with van der Waals surface area (Å²) >= 11 is 0. The van der Waals surface area contributed by atoms with Crippen LogP contribution in [-0.2, 0) is 9.53 Å². The highest BCUT2D eigenvalue weighted by Gasteiger charge is 2.41. The number of nitrogens with one attached hydrogen (secondary N) is 1. The van der Waals surface area contributed by atoms with Crippen LogP contribution in [0.15, 0.2) is 0 Å². The van der Waals surface area contributed by atoms with Crippen molar-refractivity contribution in [3.05, 3.63) is 0 Å². The quantitative estimate of drug-likeness (QED) is 0.711. The molecule has 2 amide bonds. The van der Waals surface area contributed by atoms with Crippen molar-refractivity contribution in [2.24, 2.45) is 11.8 Å². The van der Waals surface area contributed by atoms with Crippen molar-refractivity contribution in [3.63, 3.8) is 0 Å². The second-order valence-electron chi connectivity index (χ2n) is 4.40. The minimum absolute atomic E-state index is 0.115. The Kier molecular flexibility index (Phi) is 2.54. The Morgan fingerprint density at radius 1 is 1.40 bits per heavy atom. The molecule has 2 rings (SSSR count). The molecule has 0 radical (unpaired) electrons.